The molecular weight excluding hydrogens is 190 g/mol. The van der Waals surface area contributed by atoms with Crippen LogP contribution in [0.25, 0.3) is 0 Å². The van der Waals surface area contributed by atoms with Gasteiger partial charge in [-0.25, -0.2) is 0 Å². The first-order valence-corrected chi connectivity index (χ1v) is 5.66. The van der Waals surface area contributed by atoms with E-state index >= 15 is 0 Å². The third-order valence-corrected chi connectivity index (χ3v) is 4.33. The van der Waals surface area contributed by atoms with E-state index in [0.29, 0.717) is 0 Å². The lowest BCUT2D eigenvalue weighted by Gasteiger charge is -2.37. The minimum Gasteiger partial charge on any atom is -0.469 e. The van der Waals surface area contributed by atoms with E-state index in [4.69, 9.17) is 4.74 Å². The van der Waals surface area contributed by atoms with Gasteiger partial charge < -0.3 is 4.74 Å². The second kappa shape index (κ2) is 3.52. The van der Waals surface area contributed by atoms with Crippen molar-refractivity contribution >= 4 is 5.97 Å². The van der Waals surface area contributed by atoms with Crippen LogP contribution in [0.2, 0.25) is 0 Å². The Balaban J connectivity index is 2.22. The Labute approximate surface area is 90.4 Å². The fourth-order valence-corrected chi connectivity index (χ4v) is 3.16. The van der Waals surface area contributed by atoms with Crippen molar-refractivity contribution in [1.29, 1.82) is 5.26 Å². The Bertz CT molecular complexity index is 308. The summed E-state index contributed by atoms with van der Waals surface area (Å²) < 4.78 is 4.91. The second-order valence-electron chi connectivity index (χ2n) is 5.02. The van der Waals surface area contributed by atoms with Crippen LogP contribution in [0.3, 0.4) is 0 Å². The van der Waals surface area contributed by atoms with Gasteiger partial charge in [0.25, 0.3) is 0 Å². The number of methoxy groups -OCH3 is 1. The average molecular weight is 207 g/mol. The van der Waals surface area contributed by atoms with E-state index < -0.39 is 0 Å². The van der Waals surface area contributed by atoms with Crippen LogP contribution >= 0.6 is 0 Å². The summed E-state index contributed by atoms with van der Waals surface area (Å²) in [5, 5.41) is 9.20. The monoisotopic (exact) mass is 207 g/mol. The van der Waals surface area contributed by atoms with Gasteiger partial charge in [0.2, 0.25) is 0 Å². The van der Waals surface area contributed by atoms with Crippen molar-refractivity contribution < 1.29 is 9.53 Å². The summed E-state index contributed by atoms with van der Waals surface area (Å²) in [6.07, 6.45) is 6.28. The van der Waals surface area contributed by atoms with E-state index in [1.165, 1.54) is 7.11 Å². The largest absolute Gasteiger partial charge is 0.469 e. The summed E-state index contributed by atoms with van der Waals surface area (Å²) in [6.45, 7) is 0. The molecule has 82 valence electrons. The molecule has 0 unspecified atom stereocenters. The lowest BCUT2D eigenvalue weighted by atomic mass is 9.66. The number of hydrogen-bond acceptors (Lipinski definition) is 3. The zero-order chi connectivity index (χ0) is 10.9. The molecule has 0 saturated heterocycles. The summed E-state index contributed by atoms with van der Waals surface area (Å²) >= 11 is 0. The molecule has 0 spiro atoms. The molecule has 3 aliphatic rings. The normalized spacial score (nSPS) is 39.2. The number of hydrogen-bond donors (Lipinski definition) is 0. The van der Waals surface area contributed by atoms with Gasteiger partial charge >= 0.3 is 5.97 Å². The molecular formula is C12H17NO2. The molecule has 2 bridgehead atoms. The van der Waals surface area contributed by atoms with Gasteiger partial charge in [-0.2, -0.15) is 5.26 Å². The van der Waals surface area contributed by atoms with E-state index in [1.54, 1.807) is 0 Å². The van der Waals surface area contributed by atoms with Crippen molar-refractivity contribution in [2.24, 2.45) is 10.8 Å². The quantitative estimate of drug-likeness (QED) is 0.620. The van der Waals surface area contributed by atoms with Crippen LogP contribution in [0.4, 0.5) is 0 Å². The molecule has 3 rings (SSSR count). The number of esters is 1. The first kappa shape index (κ1) is 10.5. The van der Waals surface area contributed by atoms with Crippen molar-refractivity contribution in [3.8, 4) is 6.07 Å². The zero-order valence-corrected chi connectivity index (χ0v) is 9.21. The van der Waals surface area contributed by atoms with Crippen LogP contribution in [0, 0.1) is 22.2 Å². The maximum atomic E-state index is 11.8. The molecule has 3 nitrogen and oxygen atoms in total. The summed E-state index contributed by atoms with van der Waals surface area (Å²) in [6, 6.07) is 2.47. The van der Waals surface area contributed by atoms with Crippen molar-refractivity contribution in [3.63, 3.8) is 0 Å². The molecule has 0 radical (unpaired) electrons. The highest BCUT2D eigenvalue weighted by atomic mass is 16.5. The second-order valence-corrected chi connectivity index (χ2v) is 5.02. The highest BCUT2D eigenvalue weighted by Gasteiger charge is 2.50. The first-order chi connectivity index (χ1) is 7.16. The van der Waals surface area contributed by atoms with Crippen LogP contribution in [-0.2, 0) is 9.53 Å². The predicted molar refractivity (Wildman–Crippen MR) is 54.8 cm³/mol. The molecule has 0 aliphatic heterocycles. The van der Waals surface area contributed by atoms with Crippen LogP contribution in [0.1, 0.15) is 44.9 Å². The number of nitrogens with zero attached hydrogens (tertiary/aromatic N) is 1. The molecule has 3 aliphatic carbocycles. The van der Waals surface area contributed by atoms with Crippen LogP contribution in [-0.4, -0.2) is 13.1 Å². The van der Waals surface area contributed by atoms with Gasteiger partial charge in [-0.05, 0) is 38.5 Å². The maximum Gasteiger partial charge on any atom is 0.311 e. The van der Waals surface area contributed by atoms with Crippen molar-refractivity contribution in [1.82, 2.24) is 0 Å². The Morgan fingerprint density at radius 2 is 1.87 bits per heavy atom. The Morgan fingerprint density at radius 3 is 2.40 bits per heavy atom. The predicted octanol–water partition coefficient (Wildman–Crippen LogP) is 2.41. The molecule has 15 heavy (non-hydrogen) atoms. The van der Waals surface area contributed by atoms with E-state index in [1.807, 2.05) is 0 Å². The molecule has 3 fully saturated rings. The lowest BCUT2D eigenvalue weighted by Crippen LogP contribution is -2.36. The number of rotatable bonds is 1. The molecule has 0 heterocycles. The third-order valence-electron chi connectivity index (χ3n) is 4.33. The molecule has 0 amide bonds. The number of ether oxygens (including phenoxy) is 1. The van der Waals surface area contributed by atoms with E-state index in [9.17, 15) is 10.1 Å². The molecule has 3 heteroatoms. The van der Waals surface area contributed by atoms with Crippen molar-refractivity contribution in [3.05, 3.63) is 0 Å². The van der Waals surface area contributed by atoms with E-state index in [2.05, 4.69) is 6.07 Å². The lowest BCUT2D eigenvalue weighted by molar-refractivity contribution is -0.155. The van der Waals surface area contributed by atoms with Crippen molar-refractivity contribution in [2.45, 2.75) is 44.9 Å². The topological polar surface area (TPSA) is 50.1 Å². The fraction of sp³-hybridized carbons (Fsp3) is 0.833. The highest BCUT2D eigenvalue weighted by molar-refractivity contribution is 5.77. The van der Waals surface area contributed by atoms with E-state index in [-0.39, 0.29) is 16.8 Å². The minimum atomic E-state index is -0.258. The Kier molecular flexibility index (Phi) is 2.46. The van der Waals surface area contributed by atoms with Crippen LogP contribution < -0.4 is 0 Å². The van der Waals surface area contributed by atoms with Crippen LogP contribution in [0.5, 0.6) is 0 Å². The molecule has 0 aromatic rings. The molecule has 0 aromatic carbocycles. The van der Waals surface area contributed by atoms with Gasteiger partial charge in [0.05, 0.1) is 24.0 Å². The fourth-order valence-electron chi connectivity index (χ4n) is 3.16. The first-order valence-electron chi connectivity index (χ1n) is 5.66. The molecule has 0 aromatic heterocycles. The Hall–Kier alpha value is -1.04. The average Bonchev–Trinajstić information content (AvgIpc) is 2.59. The van der Waals surface area contributed by atoms with E-state index in [0.717, 1.165) is 44.9 Å². The summed E-state index contributed by atoms with van der Waals surface area (Å²) in [5.41, 5.74) is -0.389. The number of carbonyl (C=O) groups is 1. The highest BCUT2D eigenvalue weighted by Crippen LogP contribution is 2.54. The van der Waals surface area contributed by atoms with Crippen LogP contribution in [0.15, 0.2) is 0 Å². The van der Waals surface area contributed by atoms with Gasteiger partial charge in [0.1, 0.15) is 0 Å². The van der Waals surface area contributed by atoms with Gasteiger partial charge in [-0.15, -0.1) is 0 Å². The van der Waals surface area contributed by atoms with Gasteiger partial charge in [-0.3, -0.25) is 4.79 Å². The standard InChI is InChI=1S/C12H17NO2/c1-15-10(14)12-4-2-3-11(9-13,5-7-12)6-8-12/h2-8H2,1H3. The molecule has 3 saturated carbocycles. The SMILES string of the molecule is COC(=O)C12CCCC(C#N)(CC1)CC2. The minimum absolute atomic E-state index is 0.0593. The zero-order valence-electron chi connectivity index (χ0n) is 9.21. The number of carbonyl (C=O) groups excluding carboxylic acids is 1. The summed E-state index contributed by atoms with van der Waals surface area (Å²) in [4.78, 5) is 11.8. The van der Waals surface area contributed by atoms with Crippen molar-refractivity contribution in [2.75, 3.05) is 7.11 Å². The molecule has 0 atom stereocenters. The smallest absolute Gasteiger partial charge is 0.311 e. The van der Waals surface area contributed by atoms with Gasteiger partial charge in [0.15, 0.2) is 0 Å². The number of nitriles is 1. The maximum absolute atomic E-state index is 11.8. The van der Waals surface area contributed by atoms with Gasteiger partial charge in [0, 0.05) is 0 Å². The Morgan fingerprint density at radius 1 is 1.20 bits per heavy atom. The number of fused-ring (bicyclic) bond motifs is 4. The summed E-state index contributed by atoms with van der Waals surface area (Å²) in [7, 11) is 1.47. The summed E-state index contributed by atoms with van der Waals surface area (Å²) in [5.74, 6) is -0.0593. The van der Waals surface area contributed by atoms with Gasteiger partial charge in [-0.1, -0.05) is 6.42 Å². The third kappa shape index (κ3) is 1.52. The molecule has 0 N–H and O–H groups in total.